The molecule has 34 heavy (non-hydrogen) atoms. The summed E-state index contributed by atoms with van der Waals surface area (Å²) in [6, 6.07) is 16.9. The maximum absolute atomic E-state index is 13.6. The van der Waals surface area contributed by atoms with Gasteiger partial charge in [-0.05, 0) is 54.4 Å². The predicted molar refractivity (Wildman–Crippen MR) is 132 cm³/mol. The highest BCUT2D eigenvalue weighted by Gasteiger charge is 2.44. The van der Waals surface area contributed by atoms with Crippen LogP contribution in [0.1, 0.15) is 53.9 Å². The molecule has 0 bridgehead atoms. The van der Waals surface area contributed by atoms with E-state index >= 15 is 0 Å². The molecule has 7 heteroatoms. The van der Waals surface area contributed by atoms with Gasteiger partial charge in [-0.25, -0.2) is 4.98 Å². The van der Waals surface area contributed by atoms with Crippen molar-refractivity contribution in [2.75, 3.05) is 11.5 Å². The van der Waals surface area contributed by atoms with Crippen molar-refractivity contribution in [3.8, 4) is 5.75 Å². The third-order valence-electron chi connectivity index (χ3n) is 5.94. The highest BCUT2D eigenvalue weighted by Crippen LogP contribution is 2.41. The lowest BCUT2D eigenvalue weighted by atomic mass is 9.98. The Morgan fingerprint density at radius 2 is 1.88 bits per heavy atom. The molecule has 6 nitrogen and oxygen atoms in total. The number of carbonyl (C=O) groups excluding carboxylic acids is 1. The molecule has 1 aliphatic heterocycles. The summed E-state index contributed by atoms with van der Waals surface area (Å²) in [4.78, 5) is 33.0. The van der Waals surface area contributed by atoms with Gasteiger partial charge in [-0.1, -0.05) is 49.6 Å². The number of unbranched alkanes of at least 4 members (excludes halogenated alkanes) is 2. The third-order valence-corrected chi connectivity index (χ3v) is 6.18. The Hall–Kier alpha value is -3.64. The van der Waals surface area contributed by atoms with Crippen molar-refractivity contribution < 1.29 is 13.9 Å². The number of amides is 1. The molecule has 0 spiro atoms. The van der Waals surface area contributed by atoms with Crippen LogP contribution < -0.4 is 15.1 Å². The Labute approximate surface area is 201 Å². The fourth-order valence-electron chi connectivity index (χ4n) is 4.28. The van der Waals surface area contributed by atoms with Gasteiger partial charge >= 0.3 is 0 Å². The van der Waals surface area contributed by atoms with Crippen LogP contribution in [0.2, 0.25) is 5.02 Å². The van der Waals surface area contributed by atoms with E-state index in [-0.39, 0.29) is 16.8 Å². The highest BCUT2D eigenvalue weighted by atomic mass is 35.5. The second kappa shape index (κ2) is 9.31. The molecule has 1 aliphatic rings. The van der Waals surface area contributed by atoms with Crippen molar-refractivity contribution in [2.45, 2.75) is 32.2 Å². The molecule has 0 fully saturated rings. The number of ether oxygens (including phenoxy) is 1. The van der Waals surface area contributed by atoms with Gasteiger partial charge in [-0.15, -0.1) is 0 Å². The van der Waals surface area contributed by atoms with E-state index in [1.165, 1.54) is 4.90 Å². The smallest absolute Gasteiger partial charge is 0.296 e. The first-order valence-corrected chi connectivity index (χ1v) is 11.7. The molecule has 0 aliphatic carbocycles. The number of rotatable bonds is 7. The van der Waals surface area contributed by atoms with Gasteiger partial charge in [0.1, 0.15) is 17.2 Å². The van der Waals surface area contributed by atoms with E-state index in [1.54, 1.807) is 42.6 Å². The van der Waals surface area contributed by atoms with Crippen LogP contribution in [-0.2, 0) is 0 Å². The van der Waals surface area contributed by atoms with Gasteiger partial charge in [0, 0.05) is 11.2 Å². The molecule has 0 saturated carbocycles. The first kappa shape index (κ1) is 22.2. The van der Waals surface area contributed by atoms with E-state index in [9.17, 15) is 9.59 Å². The Bertz CT molecular complexity index is 1400. The summed E-state index contributed by atoms with van der Waals surface area (Å²) in [5.41, 5.74) is 1.07. The van der Waals surface area contributed by atoms with Crippen LogP contribution in [0.4, 0.5) is 5.82 Å². The zero-order chi connectivity index (χ0) is 23.7. The molecule has 0 radical (unpaired) electrons. The van der Waals surface area contributed by atoms with Crippen LogP contribution in [0.25, 0.3) is 11.0 Å². The number of hydrogen-bond donors (Lipinski definition) is 0. The van der Waals surface area contributed by atoms with E-state index < -0.39 is 11.9 Å². The quantitative estimate of drug-likeness (QED) is 0.300. The largest absolute Gasteiger partial charge is 0.494 e. The van der Waals surface area contributed by atoms with E-state index in [1.807, 2.05) is 24.3 Å². The fraction of sp³-hybridized carbons (Fsp3) is 0.222. The van der Waals surface area contributed by atoms with Crippen LogP contribution in [0.5, 0.6) is 5.75 Å². The summed E-state index contributed by atoms with van der Waals surface area (Å²) >= 11 is 6.15. The number of anilines is 1. The number of halogens is 1. The van der Waals surface area contributed by atoms with Gasteiger partial charge in [-0.3, -0.25) is 14.5 Å². The predicted octanol–water partition coefficient (Wildman–Crippen LogP) is 6.16. The van der Waals surface area contributed by atoms with E-state index in [2.05, 4.69) is 11.9 Å². The van der Waals surface area contributed by atoms with Crippen molar-refractivity contribution in [3.63, 3.8) is 0 Å². The normalized spacial score (nSPS) is 15.1. The molecule has 1 unspecified atom stereocenters. The minimum absolute atomic E-state index is 0.0235. The molecular formula is C27H23ClN2O4. The molecule has 5 rings (SSSR count). The van der Waals surface area contributed by atoms with Gasteiger partial charge in [0.2, 0.25) is 5.76 Å². The van der Waals surface area contributed by atoms with E-state index in [4.69, 9.17) is 20.8 Å². The van der Waals surface area contributed by atoms with Crippen molar-refractivity contribution in [1.82, 2.24) is 4.98 Å². The zero-order valence-corrected chi connectivity index (χ0v) is 19.4. The zero-order valence-electron chi connectivity index (χ0n) is 18.7. The molecule has 0 saturated heterocycles. The second-order valence-corrected chi connectivity index (χ2v) is 8.64. The summed E-state index contributed by atoms with van der Waals surface area (Å²) < 4.78 is 11.8. The molecule has 2 aromatic carbocycles. The molecule has 0 N–H and O–H groups in total. The number of fused-ring (bicyclic) bond motifs is 2. The molecule has 3 heterocycles. The van der Waals surface area contributed by atoms with Crippen molar-refractivity contribution in [3.05, 3.63) is 99.0 Å². The van der Waals surface area contributed by atoms with Gasteiger partial charge in [0.05, 0.1) is 23.6 Å². The first-order valence-electron chi connectivity index (χ1n) is 11.3. The Kier molecular flexibility index (Phi) is 6.07. The topological polar surface area (TPSA) is 72.6 Å². The van der Waals surface area contributed by atoms with Gasteiger partial charge in [0.25, 0.3) is 5.91 Å². The first-order chi connectivity index (χ1) is 16.6. The molecule has 4 aromatic rings. The van der Waals surface area contributed by atoms with Crippen LogP contribution in [-0.4, -0.2) is 17.5 Å². The van der Waals surface area contributed by atoms with Crippen molar-refractivity contribution in [2.24, 2.45) is 0 Å². The van der Waals surface area contributed by atoms with Crippen LogP contribution in [0.3, 0.4) is 0 Å². The Balaban J connectivity index is 1.62. The lowest BCUT2D eigenvalue weighted by Gasteiger charge is -2.24. The maximum Gasteiger partial charge on any atom is 0.296 e. The average Bonchev–Trinajstić information content (AvgIpc) is 3.16. The van der Waals surface area contributed by atoms with Crippen LogP contribution >= 0.6 is 11.6 Å². The number of nitrogens with zero attached hydrogens (tertiary/aromatic N) is 2. The number of pyridine rings is 1. The third kappa shape index (κ3) is 3.94. The monoisotopic (exact) mass is 474 g/mol. The summed E-state index contributed by atoms with van der Waals surface area (Å²) in [5.74, 6) is 0.791. The number of hydrogen-bond acceptors (Lipinski definition) is 5. The average molecular weight is 475 g/mol. The Morgan fingerprint density at radius 1 is 1.06 bits per heavy atom. The minimum Gasteiger partial charge on any atom is -0.494 e. The molecule has 2 aromatic heterocycles. The highest BCUT2D eigenvalue weighted by molar-refractivity contribution is 6.31. The Morgan fingerprint density at radius 3 is 2.62 bits per heavy atom. The standard InChI is InChI=1S/C27H23ClN2O4/c1-2-3-6-15-33-19-11-8-17(9-12-19)24-23-25(31)20-16-18(28)10-13-21(20)34-26(23)27(32)30(24)22-7-4-5-14-29-22/h4-5,7-14,16,24H,2-3,6,15H2,1H3. The van der Waals surface area contributed by atoms with E-state index in [0.29, 0.717) is 28.4 Å². The lowest BCUT2D eigenvalue weighted by Crippen LogP contribution is -2.30. The summed E-state index contributed by atoms with van der Waals surface area (Å²) in [6.07, 6.45) is 4.85. The summed E-state index contributed by atoms with van der Waals surface area (Å²) in [5, 5.41) is 0.759. The van der Waals surface area contributed by atoms with Crippen LogP contribution in [0.15, 0.2) is 76.1 Å². The molecule has 1 atom stereocenters. The SMILES string of the molecule is CCCCCOc1ccc(C2c3c(oc4ccc(Cl)cc4c3=O)C(=O)N2c2ccccn2)cc1. The number of carbonyl (C=O) groups is 1. The minimum atomic E-state index is -0.689. The van der Waals surface area contributed by atoms with Crippen LogP contribution in [0, 0.1) is 0 Å². The maximum atomic E-state index is 13.6. The molecule has 172 valence electrons. The lowest BCUT2D eigenvalue weighted by molar-refractivity contribution is 0.0970. The second-order valence-electron chi connectivity index (χ2n) is 8.20. The van der Waals surface area contributed by atoms with Gasteiger partial charge in [-0.2, -0.15) is 0 Å². The number of aromatic nitrogens is 1. The summed E-state index contributed by atoms with van der Waals surface area (Å²) in [6.45, 7) is 2.80. The molecular weight excluding hydrogens is 452 g/mol. The number of benzene rings is 2. The van der Waals surface area contributed by atoms with Gasteiger partial charge in [0.15, 0.2) is 5.43 Å². The van der Waals surface area contributed by atoms with Crippen molar-refractivity contribution in [1.29, 1.82) is 0 Å². The van der Waals surface area contributed by atoms with Gasteiger partial charge < -0.3 is 9.15 Å². The summed E-state index contributed by atoms with van der Waals surface area (Å²) in [7, 11) is 0. The van der Waals surface area contributed by atoms with E-state index in [0.717, 1.165) is 30.6 Å². The van der Waals surface area contributed by atoms with Crippen molar-refractivity contribution >= 4 is 34.3 Å². The molecule has 1 amide bonds. The fourth-order valence-corrected chi connectivity index (χ4v) is 4.45.